The third kappa shape index (κ3) is 3.84. The van der Waals surface area contributed by atoms with Gasteiger partial charge >= 0.3 is 11.9 Å². The SMILES string of the molecule is COC(=O)C1=C(C(=O)OC)N(c2c(C)ccc([N+](=O)[O-])c2C)C(N)=C(C#N)C1c1ccccc1. The Hall–Kier alpha value is -4.65. The second-order valence-corrected chi connectivity index (χ2v) is 7.47. The number of carbonyl (C=O) groups is 2. The second kappa shape index (κ2) is 9.46. The standard InChI is InChI=1S/C24H22N4O6/c1-13-10-11-17(28(31)32)14(2)20(13)27-21(24(30)34-4)19(23(29)33-3)18(16(12-25)22(27)26)15-8-6-5-7-9-15/h5-11,18H,26H2,1-4H3. The van der Waals surface area contributed by atoms with Crippen LogP contribution in [0.15, 0.2) is 65.1 Å². The Balaban J connectivity index is 2.51. The zero-order valence-corrected chi connectivity index (χ0v) is 19.0. The first kappa shape index (κ1) is 24.0. The molecule has 1 aliphatic rings. The maximum atomic E-state index is 13.1. The number of ether oxygens (including phenoxy) is 2. The van der Waals surface area contributed by atoms with Gasteiger partial charge in [-0.15, -0.1) is 0 Å². The molecular weight excluding hydrogens is 440 g/mol. The molecule has 2 N–H and O–H groups in total. The van der Waals surface area contributed by atoms with Crippen LogP contribution < -0.4 is 10.6 Å². The first-order chi connectivity index (χ1) is 16.2. The number of hydrogen-bond donors (Lipinski definition) is 1. The number of allylic oxidation sites excluding steroid dienone is 1. The van der Waals surface area contributed by atoms with E-state index in [1.54, 1.807) is 37.3 Å². The molecule has 0 aliphatic carbocycles. The summed E-state index contributed by atoms with van der Waals surface area (Å²) < 4.78 is 9.97. The smallest absolute Gasteiger partial charge is 0.355 e. The maximum Gasteiger partial charge on any atom is 0.355 e. The number of nitro groups is 1. The number of carbonyl (C=O) groups excluding carboxylic acids is 2. The molecule has 0 saturated carbocycles. The van der Waals surface area contributed by atoms with E-state index < -0.39 is 22.8 Å². The van der Waals surface area contributed by atoms with Crippen molar-refractivity contribution in [1.29, 1.82) is 5.26 Å². The van der Waals surface area contributed by atoms with Gasteiger partial charge < -0.3 is 15.2 Å². The number of nitriles is 1. The highest BCUT2D eigenvalue weighted by atomic mass is 16.6. The zero-order chi connectivity index (χ0) is 25.2. The Bertz CT molecular complexity index is 1290. The molecule has 1 unspecified atom stereocenters. The van der Waals surface area contributed by atoms with E-state index in [0.29, 0.717) is 11.1 Å². The Morgan fingerprint density at radius 3 is 2.24 bits per heavy atom. The number of nitro benzene ring substituents is 1. The lowest BCUT2D eigenvalue weighted by Crippen LogP contribution is -2.41. The highest BCUT2D eigenvalue weighted by Crippen LogP contribution is 2.45. The van der Waals surface area contributed by atoms with Crippen LogP contribution in [-0.2, 0) is 19.1 Å². The summed E-state index contributed by atoms with van der Waals surface area (Å²) in [5, 5.41) is 21.7. The number of esters is 2. The summed E-state index contributed by atoms with van der Waals surface area (Å²) in [7, 11) is 2.28. The maximum absolute atomic E-state index is 13.1. The fraction of sp³-hybridized carbons (Fsp3) is 0.208. The summed E-state index contributed by atoms with van der Waals surface area (Å²) in [5.41, 5.74) is 7.18. The molecule has 174 valence electrons. The van der Waals surface area contributed by atoms with Crippen LogP contribution in [0.4, 0.5) is 11.4 Å². The molecule has 1 heterocycles. The van der Waals surface area contributed by atoms with Crippen molar-refractivity contribution in [3.8, 4) is 6.07 Å². The Kier molecular flexibility index (Phi) is 6.68. The lowest BCUT2D eigenvalue weighted by Gasteiger charge is -2.37. The Morgan fingerprint density at radius 2 is 1.71 bits per heavy atom. The Labute approximate surface area is 195 Å². The van der Waals surface area contributed by atoms with Crippen molar-refractivity contribution in [1.82, 2.24) is 0 Å². The molecular formula is C24H22N4O6. The number of aryl methyl sites for hydroxylation is 1. The van der Waals surface area contributed by atoms with Crippen LogP contribution in [0, 0.1) is 35.3 Å². The molecule has 0 spiro atoms. The van der Waals surface area contributed by atoms with Gasteiger partial charge in [0.15, 0.2) is 0 Å². The quantitative estimate of drug-likeness (QED) is 0.402. The van der Waals surface area contributed by atoms with Crippen LogP contribution >= 0.6 is 0 Å². The molecule has 0 saturated heterocycles. The van der Waals surface area contributed by atoms with Gasteiger partial charge in [-0.2, -0.15) is 5.26 Å². The first-order valence-corrected chi connectivity index (χ1v) is 10.1. The van der Waals surface area contributed by atoms with Crippen LogP contribution in [0.3, 0.4) is 0 Å². The number of hydrogen-bond acceptors (Lipinski definition) is 9. The molecule has 34 heavy (non-hydrogen) atoms. The topological polar surface area (TPSA) is 149 Å². The van der Waals surface area contributed by atoms with Gasteiger partial charge in [-0.05, 0) is 25.0 Å². The van der Waals surface area contributed by atoms with Gasteiger partial charge in [0, 0.05) is 6.07 Å². The summed E-state index contributed by atoms with van der Waals surface area (Å²) in [6.07, 6.45) is 0. The van der Waals surface area contributed by atoms with E-state index >= 15 is 0 Å². The highest BCUT2D eigenvalue weighted by molar-refractivity contribution is 6.06. The average Bonchev–Trinajstić information content (AvgIpc) is 2.83. The predicted molar refractivity (Wildman–Crippen MR) is 122 cm³/mol. The third-order valence-electron chi connectivity index (χ3n) is 5.63. The van der Waals surface area contributed by atoms with Gasteiger partial charge in [0.1, 0.15) is 11.5 Å². The average molecular weight is 462 g/mol. The van der Waals surface area contributed by atoms with Crippen molar-refractivity contribution in [3.63, 3.8) is 0 Å². The monoisotopic (exact) mass is 462 g/mol. The summed E-state index contributed by atoms with van der Waals surface area (Å²) in [4.78, 5) is 38.4. The van der Waals surface area contributed by atoms with E-state index in [1.165, 1.54) is 24.0 Å². The predicted octanol–water partition coefficient (Wildman–Crippen LogP) is 3.11. The van der Waals surface area contributed by atoms with Gasteiger partial charge in [-0.25, -0.2) is 9.59 Å². The van der Waals surface area contributed by atoms with Gasteiger partial charge in [-0.3, -0.25) is 15.0 Å². The molecule has 0 aromatic heterocycles. The molecule has 0 amide bonds. The number of nitrogens with two attached hydrogens (primary N) is 1. The minimum Gasteiger partial charge on any atom is -0.466 e. The number of benzene rings is 2. The van der Waals surface area contributed by atoms with Gasteiger partial charge in [-0.1, -0.05) is 36.4 Å². The fourth-order valence-electron chi connectivity index (χ4n) is 4.11. The van der Waals surface area contributed by atoms with E-state index in [-0.39, 0.29) is 39.6 Å². The number of anilines is 1. The van der Waals surface area contributed by atoms with Crippen molar-refractivity contribution >= 4 is 23.3 Å². The summed E-state index contributed by atoms with van der Waals surface area (Å²) in [6, 6.07) is 13.4. The van der Waals surface area contributed by atoms with Crippen LogP contribution in [0.2, 0.25) is 0 Å². The van der Waals surface area contributed by atoms with E-state index in [0.717, 1.165) is 14.2 Å². The third-order valence-corrected chi connectivity index (χ3v) is 5.63. The normalized spacial score (nSPS) is 15.6. The largest absolute Gasteiger partial charge is 0.466 e. The van der Waals surface area contributed by atoms with E-state index in [4.69, 9.17) is 15.2 Å². The van der Waals surface area contributed by atoms with Crippen molar-refractivity contribution in [3.05, 3.63) is 91.9 Å². The van der Waals surface area contributed by atoms with Gasteiger partial charge in [0.25, 0.3) is 5.69 Å². The Morgan fingerprint density at radius 1 is 1.09 bits per heavy atom. The second-order valence-electron chi connectivity index (χ2n) is 7.47. The fourth-order valence-corrected chi connectivity index (χ4v) is 4.11. The van der Waals surface area contributed by atoms with Crippen molar-refractivity contribution in [2.45, 2.75) is 19.8 Å². The van der Waals surface area contributed by atoms with Gasteiger partial charge in [0.2, 0.25) is 0 Å². The van der Waals surface area contributed by atoms with E-state index in [2.05, 4.69) is 0 Å². The zero-order valence-electron chi connectivity index (χ0n) is 19.0. The summed E-state index contributed by atoms with van der Waals surface area (Å²) >= 11 is 0. The summed E-state index contributed by atoms with van der Waals surface area (Å²) in [5.74, 6) is -2.98. The van der Waals surface area contributed by atoms with Gasteiger partial charge in [0.05, 0.1) is 53.5 Å². The molecule has 10 heteroatoms. The minimum atomic E-state index is -1.02. The lowest BCUT2D eigenvalue weighted by molar-refractivity contribution is -0.385. The van der Waals surface area contributed by atoms with Crippen LogP contribution in [-0.4, -0.2) is 31.1 Å². The lowest BCUT2D eigenvalue weighted by atomic mass is 9.80. The minimum absolute atomic E-state index is 0.0236. The molecule has 0 bridgehead atoms. The van der Waals surface area contributed by atoms with Crippen LogP contribution in [0.5, 0.6) is 0 Å². The van der Waals surface area contributed by atoms with Crippen LogP contribution in [0.1, 0.15) is 22.6 Å². The first-order valence-electron chi connectivity index (χ1n) is 10.1. The van der Waals surface area contributed by atoms with E-state index in [9.17, 15) is 25.0 Å². The highest BCUT2D eigenvalue weighted by Gasteiger charge is 2.44. The van der Waals surface area contributed by atoms with Crippen molar-refractivity contribution in [2.24, 2.45) is 5.73 Å². The molecule has 2 aromatic rings. The molecule has 0 radical (unpaired) electrons. The van der Waals surface area contributed by atoms with Crippen molar-refractivity contribution in [2.75, 3.05) is 19.1 Å². The molecule has 1 aliphatic heterocycles. The molecule has 2 aromatic carbocycles. The number of nitrogens with zero attached hydrogens (tertiary/aromatic N) is 3. The number of rotatable bonds is 5. The summed E-state index contributed by atoms with van der Waals surface area (Å²) in [6.45, 7) is 3.16. The van der Waals surface area contributed by atoms with E-state index in [1.807, 2.05) is 6.07 Å². The molecule has 0 fully saturated rings. The van der Waals surface area contributed by atoms with Crippen LogP contribution in [0.25, 0.3) is 0 Å². The number of methoxy groups -OCH3 is 2. The molecule has 1 atom stereocenters. The molecule has 10 nitrogen and oxygen atoms in total. The van der Waals surface area contributed by atoms with Crippen molar-refractivity contribution < 1.29 is 24.0 Å². The molecule has 3 rings (SSSR count).